The van der Waals surface area contributed by atoms with Gasteiger partial charge >= 0.3 is 0 Å². The first-order valence-corrected chi connectivity index (χ1v) is 13.4. The van der Waals surface area contributed by atoms with Crippen molar-refractivity contribution < 1.29 is 37.8 Å². The first-order valence-electron chi connectivity index (χ1n) is 13.4. The maximum atomic E-state index is 14.6. The van der Waals surface area contributed by atoms with Gasteiger partial charge in [0.05, 0.1) is 12.6 Å². The molecule has 1 aliphatic rings. The highest BCUT2D eigenvalue weighted by Crippen LogP contribution is 2.33. The van der Waals surface area contributed by atoms with Gasteiger partial charge in [-0.3, -0.25) is 14.4 Å². The van der Waals surface area contributed by atoms with Crippen molar-refractivity contribution in [1.82, 2.24) is 15.5 Å². The lowest BCUT2D eigenvalue weighted by Gasteiger charge is -2.30. The number of phenolic OH excluding ortho intramolecular Hbond substituents is 1. The number of aliphatic hydroxyl groups is 1. The number of carbonyl (C=O) groups is 3. The maximum absolute atomic E-state index is 14.6. The molecule has 3 atom stereocenters. The number of phenols is 1. The molecule has 1 heterocycles. The number of alkyl halides is 2. The Morgan fingerprint density at radius 1 is 1.00 bits per heavy atom. The van der Waals surface area contributed by atoms with Gasteiger partial charge in [-0.15, -0.1) is 0 Å². The van der Waals surface area contributed by atoms with Gasteiger partial charge in [0.25, 0.3) is 17.7 Å². The Morgan fingerprint density at radius 2 is 1.69 bits per heavy atom. The van der Waals surface area contributed by atoms with Crippen molar-refractivity contribution in [3.8, 4) is 5.75 Å². The second kappa shape index (κ2) is 12.6. The van der Waals surface area contributed by atoms with Gasteiger partial charge in [-0.25, -0.2) is 13.2 Å². The first-order chi connectivity index (χ1) is 19.9. The van der Waals surface area contributed by atoms with Crippen molar-refractivity contribution in [2.75, 3.05) is 6.54 Å². The number of aromatic hydroxyl groups is 1. The summed E-state index contributed by atoms with van der Waals surface area (Å²) in [5, 5.41) is 26.3. The van der Waals surface area contributed by atoms with Crippen LogP contribution in [0, 0.1) is 19.7 Å². The zero-order chi connectivity index (χ0) is 30.6. The number of amides is 3. The summed E-state index contributed by atoms with van der Waals surface area (Å²) in [7, 11) is 0. The van der Waals surface area contributed by atoms with E-state index in [-0.39, 0.29) is 29.8 Å². The average molecular weight is 584 g/mol. The number of hydrogen-bond donors (Lipinski definition) is 4. The molecule has 42 heavy (non-hydrogen) atoms. The molecule has 222 valence electrons. The fourth-order valence-electron chi connectivity index (χ4n) is 4.99. The molecule has 0 radical (unpaired) electrons. The van der Waals surface area contributed by atoms with Crippen LogP contribution in [0.15, 0.2) is 66.7 Å². The second-order valence-corrected chi connectivity index (χ2v) is 10.4. The summed E-state index contributed by atoms with van der Waals surface area (Å²) >= 11 is 0. The van der Waals surface area contributed by atoms with Gasteiger partial charge in [-0.05, 0) is 55.2 Å². The Balaban J connectivity index is 1.56. The number of nitrogens with zero attached hydrogens (tertiary/aromatic N) is 1. The van der Waals surface area contributed by atoms with E-state index in [1.165, 1.54) is 44.2 Å². The van der Waals surface area contributed by atoms with E-state index in [0.29, 0.717) is 21.6 Å². The topological polar surface area (TPSA) is 119 Å². The van der Waals surface area contributed by atoms with Crippen molar-refractivity contribution in [2.24, 2.45) is 0 Å². The zero-order valence-corrected chi connectivity index (χ0v) is 23.1. The van der Waals surface area contributed by atoms with Crippen molar-refractivity contribution in [3.63, 3.8) is 0 Å². The summed E-state index contributed by atoms with van der Waals surface area (Å²) in [6, 6.07) is 14.4. The van der Waals surface area contributed by atoms with E-state index in [4.69, 9.17) is 0 Å². The molecule has 3 unspecified atom stereocenters. The minimum atomic E-state index is -3.40. The van der Waals surface area contributed by atoms with Crippen LogP contribution in [0.25, 0.3) is 0 Å². The van der Waals surface area contributed by atoms with Gasteiger partial charge < -0.3 is 25.7 Å². The molecule has 0 saturated carbocycles. The normalized spacial score (nSPS) is 17.4. The van der Waals surface area contributed by atoms with Crippen molar-refractivity contribution >= 4 is 17.7 Å². The number of carbonyl (C=O) groups excluding carboxylic acids is 3. The van der Waals surface area contributed by atoms with Gasteiger partial charge in [0.15, 0.2) is 6.10 Å². The van der Waals surface area contributed by atoms with E-state index in [2.05, 4.69) is 10.6 Å². The van der Waals surface area contributed by atoms with Gasteiger partial charge in [0, 0.05) is 24.1 Å². The molecule has 1 saturated heterocycles. The zero-order valence-electron chi connectivity index (χ0n) is 23.1. The number of benzene rings is 3. The Labute approximate surface area is 241 Å². The SMILES string of the molecule is Cc1c(F)cccc1CNC(=O)C1CC(F)(F)CN1C(=O)C(O)C(Cc1ccccc1)NC(=O)c1cccc(O)c1C. The van der Waals surface area contributed by atoms with Crippen LogP contribution < -0.4 is 10.6 Å². The highest BCUT2D eigenvalue weighted by molar-refractivity contribution is 5.97. The van der Waals surface area contributed by atoms with E-state index in [0.717, 1.165) is 0 Å². The van der Waals surface area contributed by atoms with Crippen LogP contribution in [0.5, 0.6) is 5.75 Å². The molecule has 3 amide bonds. The molecule has 1 aliphatic heterocycles. The predicted molar refractivity (Wildman–Crippen MR) is 148 cm³/mol. The van der Waals surface area contributed by atoms with Crippen LogP contribution in [0.4, 0.5) is 13.2 Å². The van der Waals surface area contributed by atoms with E-state index in [9.17, 15) is 37.8 Å². The van der Waals surface area contributed by atoms with Crippen LogP contribution >= 0.6 is 0 Å². The molecule has 11 heteroatoms. The summed E-state index contributed by atoms with van der Waals surface area (Å²) in [6.45, 7) is 1.80. The third-order valence-corrected chi connectivity index (χ3v) is 7.49. The van der Waals surface area contributed by atoms with E-state index in [1.807, 2.05) is 0 Å². The molecular weight excluding hydrogens is 551 g/mol. The molecule has 4 rings (SSSR count). The molecular formula is C31H32F3N3O5. The fourth-order valence-corrected chi connectivity index (χ4v) is 4.99. The summed E-state index contributed by atoms with van der Waals surface area (Å²) in [6.07, 6.45) is -2.98. The second-order valence-electron chi connectivity index (χ2n) is 10.4. The standard InChI is InChI=1S/C31H32F3N3O5/c1-18-21(10-6-12-23(18)32)16-35-29(41)25-15-31(33,34)17-37(25)30(42)27(39)24(14-20-8-4-3-5-9-20)36-28(40)22-11-7-13-26(38)19(22)2/h3-13,24-25,27,38-39H,14-17H2,1-2H3,(H,35,41)(H,36,40). The van der Waals surface area contributed by atoms with E-state index < -0.39 is 60.6 Å². The van der Waals surface area contributed by atoms with Gasteiger partial charge in [-0.2, -0.15) is 0 Å². The molecule has 0 aliphatic carbocycles. The summed E-state index contributed by atoms with van der Waals surface area (Å²) in [5.41, 5.74) is 1.76. The van der Waals surface area contributed by atoms with Gasteiger partial charge in [-0.1, -0.05) is 48.5 Å². The number of hydrogen-bond acceptors (Lipinski definition) is 5. The highest BCUT2D eigenvalue weighted by Gasteiger charge is 2.51. The van der Waals surface area contributed by atoms with Gasteiger partial charge in [0.2, 0.25) is 5.91 Å². The molecule has 8 nitrogen and oxygen atoms in total. The monoisotopic (exact) mass is 583 g/mol. The minimum Gasteiger partial charge on any atom is -0.508 e. The van der Waals surface area contributed by atoms with Gasteiger partial charge in [0.1, 0.15) is 17.6 Å². The average Bonchev–Trinajstić information content (AvgIpc) is 3.29. The molecule has 4 N–H and O–H groups in total. The van der Waals surface area contributed by atoms with Crippen LogP contribution in [0.1, 0.15) is 39.0 Å². The van der Waals surface area contributed by atoms with E-state index >= 15 is 0 Å². The van der Waals surface area contributed by atoms with Crippen LogP contribution in [0.2, 0.25) is 0 Å². The lowest BCUT2D eigenvalue weighted by molar-refractivity contribution is -0.147. The smallest absolute Gasteiger partial charge is 0.267 e. The van der Waals surface area contributed by atoms with E-state index in [1.54, 1.807) is 36.4 Å². The van der Waals surface area contributed by atoms with Crippen LogP contribution in [0.3, 0.4) is 0 Å². The predicted octanol–water partition coefficient (Wildman–Crippen LogP) is 3.40. The maximum Gasteiger partial charge on any atom is 0.267 e. The number of nitrogens with one attached hydrogen (secondary N) is 2. The summed E-state index contributed by atoms with van der Waals surface area (Å²) < 4.78 is 43.0. The lowest BCUT2D eigenvalue weighted by atomic mass is 9.98. The Morgan fingerprint density at radius 3 is 2.40 bits per heavy atom. The number of halogens is 3. The molecule has 3 aromatic rings. The first kappa shape index (κ1) is 30.6. The van der Waals surface area contributed by atoms with Crippen LogP contribution in [-0.4, -0.2) is 63.5 Å². The molecule has 0 bridgehead atoms. The molecule has 0 aromatic heterocycles. The Kier molecular flexibility index (Phi) is 9.20. The van der Waals surface area contributed by atoms with Crippen molar-refractivity contribution in [1.29, 1.82) is 0 Å². The quantitative estimate of drug-likeness (QED) is 0.308. The van der Waals surface area contributed by atoms with Crippen molar-refractivity contribution in [2.45, 2.75) is 57.3 Å². The lowest BCUT2D eigenvalue weighted by Crippen LogP contribution is -2.56. The molecule has 3 aromatic carbocycles. The Bertz CT molecular complexity index is 1470. The number of aliphatic hydroxyl groups excluding tert-OH is 1. The largest absolute Gasteiger partial charge is 0.508 e. The summed E-state index contributed by atoms with van der Waals surface area (Å²) in [4.78, 5) is 40.3. The number of likely N-dealkylation sites (tertiary alicyclic amines) is 1. The van der Waals surface area contributed by atoms with Crippen molar-refractivity contribution in [3.05, 3.63) is 100 Å². The summed E-state index contributed by atoms with van der Waals surface area (Å²) in [5.74, 6) is -6.73. The van der Waals surface area contributed by atoms with Crippen LogP contribution in [-0.2, 0) is 22.6 Å². The third kappa shape index (κ3) is 6.91. The Hall–Kier alpha value is -4.38. The fraction of sp³-hybridized carbons (Fsp3) is 0.323. The molecule has 1 fully saturated rings. The number of rotatable bonds is 9. The third-order valence-electron chi connectivity index (χ3n) is 7.49. The molecule has 0 spiro atoms. The minimum absolute atomic E-state index is 0.0305. The highest BCUT2D eigenvalue weighted by atomic mass is 19.3.